The van der Waals surface area contributed by atoms with Crippen molar-refractivity contribution in [3.05, 3.63) is 0 Å². The molecule has 0 heterocycles. The second-order valence-electron chi connectivity index (χ2n) is 3.72. The summed E-state index contributed by atoms with van der Waals surface area (Å²) in [7, 11) is 3.91. The lowest BCUT2D eigenvalue weighted by Gasteiger charge is -2.22. The maximum absolute atomic E-state index is 11.1. The Bertz CT molecular complexity index is 130. The SMILES string of the molecule is CC(=O)[C@@H](CC(C)C)N(C)C. The Labute approximate surface area is 69.6 Å². The molecule has 0 saturated carbocycles. The van der Waals surface area contributed by atoms with E-state index in [1.165, 1.54) is 0 Å². The molecular formula is C9H19NO. The minimum Gasteiger partial charge on any atom is -0.300 e. The van der Waals surface area contributed by atoms with Crippen molar-refractivity contribution in [2.45, 2.75) is 33.2 Å². The monoisotopic (exact) mass is 157 g/mol. The van der Waals surface area contributed by atoms with Crippen LogP contribution in [-0.2, 0) is 4.79 Å². The number of nitrogens with zero attached hydrogens (tertiary/aromatic N) is 1. The number of hydrogen-bond acceptors (Lipinski definition) is 2. The third-order valence-electron chi connectivity index (χ3n) is 1.79. The van der Waals surface area contributed by atoms with Crippen LogP contribution in [0.4, 0.5) is 0 Å². The van der Waals surface area contributed by atoms with Gasteiger partial charge < -0.3 is 0 Å². The van der Waals surface area contributed by atoms with Crippen LogP contribution >= 0.6 is 0 Å². The summed E-state index contributed by atoms with van der Waals surface area (Å²) in [5.74, 6) is 0.856. The van der Waals surface area contributed by atoms with Crippen molar-refractivity contribution in [2.75, 3.05) is 14.1 Å². The normalized spacial score (nSPS) is 14.1. The molecule has 2 heteroatoms. The highest BCUT2D eigenvalue weighted by molar-refractivity contribution is 5.81. The van der Waals surface area contributed by atoms with E-state index in [0.717, 1.165) is 6.42 Å². The average molecular weight is 157 g/mol. The van der Waals surface area contributed by atoms with Crippen molar-refractivity contribution in [2.24, 2.45) is 5.92 Å². The molecule has 0 aliphatic rings. The van der Waals surface area contributed by atoms with E-state index in [0.29, 0.717) is 5.92 Å². The lowest BCUT2D eigenvalue weighted by atomic mass is 10.0. The Morgan fingerprint density at radius 1 is 1.36 bits per heavy atom. The molecule has 0 saturated heterocycles. The fraction of sp³-hybridized carbons (Fsp3) is 0.889. The summed E-state index contributed by atoms with van der Waals surface area (Å²) < 4.78 is 0. The van der Waals surface area contributed by atoms with Crippen LogP contribution < -0.4 is 0 Å². The molecule has 1 atom stereocenters. The van der Waals surface area contributed by atoms with E-state index in [-0.39, 0.29) is 11.8 Å². The fourth-order valence-electron chi connectivity index (χ4n) is 1.19. The van der Waals surface area contributed by atoms with Gasteiger partial charge in [0.2, 0.25) is 0 Å². The van der Waals surface area contributed by atoms with Gasteiger partial charge in [0.1, 0.15) is 5.78 Å². The highest BCUT2D eigenvalue weighted by Gasteiger charge is 2.17. The van der Waals surface area contributed by atoms with E-state index in [9.17, 15) is 4.79 Å². The van der Waals surface area contributed by atoms with Crippen molar-refractivity contribution in [1.29, 1.82) is 0 Å². The molecule has 0 aromatic carbocycles. The molecule has 0 amide bonds. The average Bonchev–Trinajstić information content (AvgIpc) is 1.81. The third-order valence-corrected chi connectivity index (χ3v) is 1.79. The van der Waals surface area contributed by atoms with Crippen LogP contribution in [-0.4, -0.2) is 30.8 Å². The molecule has 0 aliphatic heterocycles. The van der Waals surface area contributed by atoms with Crippen molar-refractivity contribution in [3.8, 4) is 0 Å². The van der Waals surface area contributed by atoms with Gasteiger partial charge in [-0.1, -0.05) is 13.8 Å². The second kappa shape index (κ2) is 4.50. The first-order valence-electron chi connectivity index (χ1n) is 4.12. The summed E-state index contributed by atoms with van der Waals surface area (Å²) in [5, 5.41) is 0. The standard InChI is InChI=1S/C9H19NO/c1-7(2)6-9(8(3)11)10(4)5/h7,9H,6H2,1-5H3/t9-/m1/s1. The molecule has 0 radical (unpaired) electrons. The highest BCUT2D eigenvalue weighted by Crippen LogP contribution is 2.09. The van der Waals surface area contributed by atoms with Gasteiger partial charge in [0.05, 0.1) is 6.04 Å². The van der Waals surface area contributed by atoms with Crippen LogP contribution in [0.25, 0.3) is 0 Å². The summed E-state index contributed by atoms with van der Waals surface area (Å²) in [6.07, 6.45) is 0.961. The van der Waals surface area contributed by atoms with Crippen LogP contribution in [0.3, 0.4) is 0 Å². The van der Waals surface area contributed by atoms with Crippen molar-refractivity contribution < 1.29 is 4.79 Å². The molecule has 0 bridgehead atoms. The first-order valence-corrected chi connectivity index (χ1v) is 4.12. The molecule has 66 valence electrons. The third kappa shape index (κ3) is 4.14. The Morgan fingerprint density at radius 3 is 1.91 bits per heavy atom. The van der Waals surface area contributed by atoms with E-state index >= 15 is 0 Å². The maximum Gasteiger partial charge on any atom is 0.146 e. The zero-order chi connectivity index (χ0) is 9.02. The van der Waals surface area contributed by atoms with E-state index in [4.69, 9.17) is 0 Å². The Hall–Kier alpha value is -0.370. The van der Waals surface area contributed by atoms with Gasteiger partial charge in [-0.25, -0.2) is 0 Å². The van der Waals surface area contributed by atoms with Crippen LogP contribution in [0, 0.1) is 5.92 Å². The number of carbonyl (C=O) groups is 1. The summed E-state index contributed by atoms with van der Waals surface area (Å²) in [6.45, 7) is 5.94. The Balaban J connectivity index is 4.01. The minimum atomic E-state index is 0.106. The number of likely N-dealkylation sites (N-methyl/N-ethyl adjacent to an activating group) is 1. The Morgan fingerprint density at radius 2 is 1.82 bits per heavy atom. The summed E-state index contributed by atoms with van der Waals surface area (Å²) in [6, 6.07) is 0.106. The van der Waals surface area contributed by atoms with Crippen LogP contribution in [0.15, 0.2) is 0 Å². The maximum atomic E-state index is 11.1. The second-order valence-corrected chi connectivity index (χ2v) is 3.72. The van der Waals surface area contributed by atoms with E-state index < -0.39 is 0 Å². The van der Waals surface area contributed by atoms with E-state index in [2.05, 4.69) is 13.8 Å². The molecule has 0 aromatic rings. The Kier molecular flexibility index (Phi) is 4.34. The number of ketones is 1. The lowest BCUT2D eigenvalue weighted by molar-refractivity contribution is -0.121. The van der Waals surface area contributed by atoms with Crippen LogP contribution in [0.1, 0.15) is 27.2 Å². The van der Waals surface area contributed by atoms with E-state index in [1.807, 2.05) is 19.0 Å². The molecule has 0 spiro atoms. The largest absolute Gasteiger partial charge is 0.300 e. The molecule has 11 heavy (non-hydrogen) atoms. The number of Topliss-reactive ketones (excluding diaryl/α,β-unsaturated/α-hetero) is 1. The lowest BCUT2D eigenvalue weighted by Crippen LogP contribution is -2.35. The van der Waals surface area contributed by atoms with Crippen molar-refractivity contribution >= 4 is 5.78 Å². The molecule has 2 nitrogen and oxygen atoms in total. The molecule has 0 fully saturated rings. The first-order chi connectivity index (χ1) is 4.95. The topological polar surface area (TPSA) is 20.3 Å². The van der Waals surface area contributed by atoms with Crippen LogP contribution in [0.2, 0.25) is 0 Å². The van der Waals surface area contributed by atoms with Gasteiger partial charge in [-0.05, 0) is 33.4 Å². The zero-order valence-corrected chi connectivity index (χ0v) is 8.22. The predicted octanol–water partition coefficient (Wildman–Crippen LogP) is 1.55. The molecule has 0 aromatic heterocycles. The van der Waals surface area contributed by atoms with Gasteiger partial charge in [0.25, 0.3) is 0 Å². The molecule has 0 N–H and O–H groups in total. The minimum absolute atomic E-state index is 0.106. The first kappa shape index (κ1) is 10.6. The highest BCUT2D eigenvalue weighted by atomic mass is 16.1. The van der Waals surface area contributed by atoms with Crippen molar-refractivity contribution in [3.63, 3.8) is 0 Å². The molecule has 0 rings (SSSR count). The number of rotatable bonds is 4. The fourth-order valence-corrected chi connectivity index (χ4v) is 1.19. The summed E-state index contributed by atoms with van der Waals surface area (Å²) in [5.41, 5.74) is 0. The van der Waals surface area contributed by atoms with Gasteiger partial charge in [0, 0.05) is 0 Å². The number of carbonyl (C=O) groups excluding carboxylic acids is 1. The smallest absolute Gasteiger partial charge is 0.146 e. The quantitative estimate of drug-likeness (QED) is 0.617. The summed E-state index contributed by atoms with van der Waals surface area (Å²) >= 11 is 0. The van der Waals surface area contributed by atoms with Gasteiger partial charge in [-0.3, -0.25) is 9.69 Å². The van der Waals surface area contributed by atoms with Gasteiger partial charge in [-0.2, -0.15) is 0 Å². The number of hydrogen-bond donors (Lipinski definition) is 0. The van der Waals surface area contributed by atoms with Gasteiger partial charge in [0.15, 0.2) is 0 Å². The predicted molar refractivity (Wildman–Crippen MR) is 47.6 cm³/mol. The summed E-state index contributed by atoms with van der Waals surface area (Å²) in [4.78, 5) is 13.1. The molecule has 0 unspecified atom stereocenters. The van der Waals surface area contributed by atoms with Crippen molar-refractivity contribution in [1.82, 2.24) is 4.90 Å². The van der Waals surface area contributed by atoms with Crippen LogP contribution in [0.5, 0.6) is 0 Å². The van der Waals surface area contributed by atoms with Gasteiger partial charge in [-0.15, -0.1) is 0 Å². The molecule has 0 aliphatic carbocycles. The zero-order valence-electron chi connectivity index (χ0n) is 8.22. The molecular weight excluding hydrogens is 138 g/mol. The van der Waals surface area contributed by atoms with E-state index in [1.54, 1.807) is 6.92 Å². The van der Waals surface area contributed by atoms with Gasteiger partial charge >= 0.3 is 0 Å².